The maximum atomic E-state index is 8.64. The zero-order valence-electron chi connectivity index (χ0n) is 78.8. The van der Waals surface area contributed by atoms with Gasteiger partial charge in [0.05, 0.1) is 16.7 Å². The molecular weight excluding hydrogens is 2080 g/mol. The number of benzene rings is 20. The number of halogens is 3. The molecule has 24 aromatic rings. The van der Waals surface area contributed by atoms with Crippen molar-refractivity contribution in [3.05, 3.63) is 537 Å². The van der Waals surface area contributed by atoms with Crippen LogP contribution in [0.3, 0.4) is 0 Å². The van der Waals surface area contributed by atoms with E-state index < -0.39 is 38.8 Å². The van der Waals surface area contributed by atoms with Crippen LogP contribution in [0.2, 0.25) is 15.7 Å². The molecule has 0 aliphatic heterocycles. The van der Waals surface area contributed by atoms with Crippen LogP contribution in [0.5, 0.6) is 0 Å². The number of thiophene rings is 2. The maximum Gasteiger partial charge on any atom is 1.00 e. The summed E-state index contributed by atoms with van der Waals surface area (Å²) in [5.41, 5.74) is 4.17. The van der Waals surface area contributed by atoms with E-state index in [1.165, 1.54) is 115 Å². The van der Waals surface area contributed by atoms with Crippen LogP contribution in [0.15, 0.2) is 522 Å². The number of rotatable bonds is 15. The van der Waals surface area contributed by atoms with Crippen molar-refractivity contribution >= 4 is 256 Å². The number of hydrogen-bond acceptors (Lipinski definition) is 11. The van der Waals surface area contributed by atoms with Crippen molar-refractivity contribution in [2.45, 2.75) is 0 Å². The summed E-state index contributed by atoms with van der Waals surface area (Å²) in [6.07, 6.45) is 0. The predicted octanol–water partition coefficient (Wildman–Crippen LogP) is 19.6. The maximum absolute atomic E-state index is 8.64. The minimum Gasteiger partial charge on any atom is -1.00 e. The van der Waals surface area contributed by atoms with Gasteiger partial charge in [-0.1, -0.05) is 509 Å². The van der Waals surface area contributed by atoms with E-state index in [2.05, 4.69) is 492 Å². The van der Waals surface area contributed by atoms with Gasteiger partial charge in [-0.3, -0.25) is 4.79 Å². The quantitative estimate of drug-likeness (QED) is 0.0195. The zero-order valence-corrected chi connectivity index (χ0v) is 93.0. The van der Waals surface area contributed by atoms with Crippen LogP contribution >= 0.6 is 89.2 Å². The van der Waals surface area contributed by atoms with Gasteiger partial charge in [0.2, 0.25) is 10.6 Å². The minimum absolute atomic E-state index is 0. The Morgan fingerprint density at radius 1 is 0.273 bits per heavy atom. The Morgan fingerprint density at radius 2 is 0.497 bits per heavy atom. The Labute approximate surface area is 961 Å². The van der Waals surface area contributed by atoms with E-state index in [0.717, 1.165) is 43.8 Å². The largest absolute Gasteiger partial charge is 1.00 e. The van der Waals surface area contributed by atoms with Crippen LogP contribution in [-0.4, -0.2) is 43.6 Å². The normalized spacial score (nSPS) is 10.6. The topological polar surface area (TPSA) is 141 Å². The molecule has 2 N–H and O–H groups in total. The third-order valence-corrected chi connectivity index (χ3v) is 35.4. The predicted molar refractivity (Wildman–Crippen MR) is 605 cm³/mol. The number of aromatic nitrogens is 4. The first kappa shape index (κ1) is 109. The fourth-order valence-corrected chi connectivity index (χ4v) is 28.7. The summed E-state index contributed by atoms with van der Waals surface area (Å²) < 4.78 is 4.94. The molecule has 4 heterocycles. The van der Waals surface area contributed by atoms with Gasteiger partial charge in [0.15, 0.2) is 0 Å². The van der Waals surface area contributed by atoms with Crippen molar-refractivity contribution in [2.75, 3.05) is 0 Å². The molecule has 0 fully saturated rings. The summed E-state index contributed by atoms with van der Waals surface area (Å²) in [6, 6.07) is 182. The van der Waals surface area contributed by atoms with Crippen molar-refractivity contribution < 1.29 is 150 Å². The molecule has 0 unspecified atom stereocenters. The standard InChI is InChI=1S/C24H13ClN2S.C18H8Cl2N2S.4C18H15P.C6H7BO2.CH2O3.2K.Pd.H/c25-24-26-21(15-7-2-1-3-8-15)18-12-13-19-20(22(18)27-24)17-11-10-14-6-4-5-9-16(14)23(17)28-19;19-17-12-7-8-13-14(15(12)21-18(20)22-17)11-6-5-9-3-1-2-4-10(9)16(11)23-13;4*1-4-10-16(11-5-1)19(17-12-6-2-7-13-17)18-14-8-3-9-15-18;8-7(9)6-4-2-1-3-5-6;2-1-4-3;;;;/h1-13H;1-8H;4*1-15H;1-5,8-9H;1,3H;;;;/q;;;;;;;;2*+1;;-1/p-1. The van der Waals surface area contributed by atoms with Gasteiger partial charge in [0.1, 0.15) is 5.15 Å². The van der Waals surface area contributed by atoms with Gasteiger partial charge in [0, 0.05) is 77.1 Å². The molecule has 0 aliphatic rings. The number of carbonyl (C=O) groups excluding carboxylic acids is 1. The molecule has 0 atom stereocenters. The molecule has 4 aromatic heterocycles. The molecule has 692 valence electrons. The van der Waals surface area contributed by atoms with Gasteiger partial charge in [-0.2, -0.15) is 0 Å². The first-order chi connectivity index (χ1) is 69.0. The molecule has 143 heavy (non-hydrogen) atoms. The first-order valence-electron chi connectivity index (χ1n) is 45.1. The summed E-state index contributed by atoms with van der Waals surface area (Å²) in [5.74, 6) is 0. The van der Waals surface area contributed by atoms with E-state index in [1.807, 2.05) is 41.7 Å². The van der Waals surface area contributed by atoms with Crippen LogP contribution in [0.1, 0.15) is 1.43 Å². The van der Waals surface area contributed by atoms with Crippen LogP contribution in [0, 0.1) is 0 Å². The van der Waals surface area contributed by atoms with Crippen LogP contribution in [-0.2, 0) is 30.1 Å². The monoisotopic (exact) mass is 2170 g/mol. The summed E-state index contributed by atoms with van der Waals surface area (Å²) in [6.45, 7) is -0.181. The van der Waals surface area contributed by atoms with E-state index in [1.54, 1.807) is 35.6 Å². The van der Waals surface area contributed by atoms with E-state index in [9.17, 15) is 0 Å². The van der Waals surface area contributed by atoms with E-state index in [0.29, 0.717) is 10.6 Å². The number of hydrogen-bond donors (Lipinski definition) is 2. The second-order valence-corrected chi connectivity index (χ2v) is 43.6. The zero-order chi connectivity index (χ0) is 96.0. The van der Waals surface area contributed by atoms with Crippen molar-refractivity contribution in [3.8, 4) is 11.3 Å². The fourth-order valence-electron chi connectivity index (χ4n) is 16.4. The minimum atomic E-state index is -1.34. The van der Waals surface area contributed by atoms with Crippen LogP contribution in [0.25, 0.3) is 95.0 Å². The second-order valence-electron chi connectivity index (χ2n) is 31.5. The van der Waals surface area contributed by atoms with Gasteiger partial charge < -0.3 is 21.6 Å². The molecule has 0 bridgehead atoms. The average Bonchev–Trinajstić information content (AvgIpc) is 1.58. The van der Waals surface area contributed by atoms with Gasteiger partial charge in [-0.15, -0.1) is 22.7 Å². The summed E-state index contributed by atoms with van der Waals surface area (Å²) >= 11 is 22.2. The van der Waals surface area contributed by atoms with E-state index in [-0.39, 0.29) is 142 Å². The average molecular weight is 2170 g/mol. The first-order valence-corrected chi connectivity index (χ1v) is 53.2. The smallest absolute Gasteiger partial charge is 1.00 e. The van der Waals surface area contributed by atoms with Crippen LogP contribution < -0.4 is 177 Å². The third kappa shape index (κ3) is 28.2. The Bertz CT molecular complexity index is 7250. The Kier molecular flexibility index (Phi) is 42.6. The van der Waals surface area contributed by atoms with Gasteiger partial charge >= 0.3 is 110 Å². The molecule has 0 saturated heterocycles. The molecule has 9 nitrogen and oxygen atoms in total. The van der Waals surface area contributed by atoms with E-state index >= 15 is 0 Å². The van der Waals surface area contributed by atoms with Crippen LogP contribution in [0.4, 0.5) is 0 Å². The molecule has 0 spiro atoms. The van der Waals surface area contributed by atoms with Gasteiger partial charge in [-0.05, 0) is 170 Å². The molecular formula is C121H90BCl3K2N4O5P4PdS2. The summed E-state index contributed by atoms with van der Waals surface area (Å²) in [4.78, 5) is 28.9. The van der Waals surface area contributed by atoms with Gasteiger partial charge in [-0.25, -0.2) is 19.9 Å². The Morgan fingerprint density at radius 3 is 0.755 bits per heavy atom. The van der Waals surface area contributed by atoms with E-state index in [4.69, 9.17) is 54.9 Å². The fraction of sp³-hybridized carbons (Fsp3) is 0. The number of nitrogens with zero attached hydrogens (tertiary/aromatic N) is 4. The Hall–Kier alpha value is -10.0. The summed E-state index contributed by atoms with van der Waals surface area (Å²) in [5, 5.41) is 54.7. The molecule has 24 rings (SSSR count). The third-order valence-electron chi connectivity index (χ3n) is 22.6. The van der Waals surface area contributed by atoms with Crippen molar-refractivity contribution in [1.82, 2.24) is 19.9 Å². The number of carbonyl (C=O) groups is 1. The molecule has 22 heteroatoms. The number of fused-ring (bicyclic) bond motifs is 14. The van der Waals surface area contributed by atoms with Crippen molar-refractivity contribution in [1.29, 1.82) is 0 Å². The molecule has 0 saturated carbocycles. The molecule has 0 amide bonds. The summed E-state index contributed by atoms with van der Waals surface area (Å²) in [7, 11) is -3.13. The second kappa shape index (κ2) is 56.1. The Balaban J connectivity index is 0.000000141. The van der Waals surface area contributed by atoms with Crippen molar-refractivity contribution in [2.24, 2.45) is 0 Å². The molecule has 0 radical (unpaired) electrons. The molecule has 0 aliphatic carbocycles. The van der Waals surface area contributed by atoms with Gasteiger partial charge in [0.25, 0.3) is 6.47 Å². The van der Waals surface area contributed by atoms with Crippen molar-refractivity contribution in [3.63, 3.8) is 0 Å². The SMILES string of the molecule is Clc1nc(-c2ccccc2)c2ccc3sc4c5ccccc5ccc4c3c2n1.Clc1nc(Cl)c2ccc3sc4c5ccccc5ccc4c3c2n1.O=CO[O-].OB(O)c1ccccc1.[H-].[K+].[K+].[Pd].c1ccc(P(c2ccccc2)c2ccccc2)cc1.c1ccc(P(c2ccccc2)c2ccccc2)cc1.c1ccc(P(c2ccccc2)c2ccccc2)cc1.c1ccc(P(c2ccccc2)c2ccccc2)cc1. The molecule has 20 aromatic carbocycles.